The Morgan fingerprint density at radius 1 is 0.790 bits per heavy atom. The molecule has 0 saturated carbocycles. The molecule has 0 spiro atoms. The number of fused-ring (bicyclic) bond motifs is 2. The van der Waals surface area contributed by atoms with Crippen molar-refractivity contribution in [3.8, 4) is 22.5 Å². The third-order valence-corrected chi connectivity index (χ3v) is 10.5. The van der Waals surface area contributed by atoms with Crippen LogP contribution in [-0.4, -0.2) is 109 Å². The third kappa shape index (κ3) is 14.5. The zero-order valence-electron chi connectivity index (χ0n) is 37.7. The van der Waals surface area contributed by atoms with E-state index in [1.54, 1.807) is 6.92 Å². The van der Waals surface area contributed by atoms with Gasteiger partial charge in [0.25, 0.3) is 0 Å². The fourth-order valence-corrected chi connectivity index (χ4v) is 7.24. The van der Waals surface area contributed by atoms with E-state index in [0.29, 0.717) is 70.0 Å². The Hall–Kier alpha value is -5.57. The number of nitrogens with zero attached hydrogens (tertiary/aromatic N) is 2. The molecular formula is C48H67N6O8+. The van der Waals surface area contributed by atoms with E-state index in [0.717, 1.165) is 76.2 Å². The molecule has 2 aliphatic rings. The number of aryl methyl sites for hydroxylation is 1. The van der Waals surface area contributed by atoms with E-state index in [4.69, 9.17) is 18.6 Å². The molecule has 1 heterocycles. The number of ether oxygens (including phenoxy) is 3. The molecule has 62 heavy (non-hydrogen) atoms. The van der Waals surface area contributed by atoms with Gasteiger partial charge in [-0.3, -0.25) is 19.2 Å². The molecule has 4 amide bonds. The second-order valence-corrected chi connectivity index (χ2v) is 15.1. The number of anilines is 2. The predicted molar refractivity (Wildman–Crippen MR) is 246 cm³/mol. The average Bonchev–Trinajstić information content (AvgIpc) is 3.25. The summed E-state index contributed by atoms with van der Waals surface area (Å²) in [6, 6.07) is 18.0. The monoisotopic (exact) mass is 856 g/mol. The van der Waals surface area contributed by atoms with E-state index in [1.165, 1.54) is 6.92 Å². The van der Waals surface area contributed by atoms with Gasteiger partial charge < -0.3 is 44.8 Å². The molecule has 336 valence electrons. The molecule has 4 rings (SSSR count). The van der Waals surface area contributed by atoms with Crippen LogP contribution >= 0.6 is 0 Å². The van der Waals surface area contributed by atoms with Crippen molar-refractivity contribution in [1.82, 2.24) is 20.5 Å². The van der Waals surface area contributed by atoms with Crippen molar-refractivity contribution in [2.75, 3.05) is 89.1 Å². The SMILES string of the molecule is C=C(C)C(=O)NCCOCCOCCOCC(=O)NCCCC[C@H](NC(C)=O)C(=O)Nc1ccc(-c2c3ccc(=[N+](CC)CC)cc-3oc3cc(N(CC)CC)ccc23)c(C)c1. The summed E-state index contributed by atoms with van der Waals surface area (Å²) in [6.07, 6.45) is 1.61. The lowest BCUT2D eigenvalue weighted by atomic mass is 9.90. The first-order chi connectivity index (χ1) is 29.9. The summed E-state index contributed by atoms with van der Waals surface area (Å²) in [4.78, 5) is 51.7. The predicted octanol–water partition coefficient (Wildman–Crippen LogP) is 5.64. The zero-order chi connectivity index (χ0) is 45.0. The third-order valence-electron chi connectivity index (χ3n) is 10.5. The van der Waals surface area contributed by atoms with Crippen molar-refractivity contribution in [1.29, 1.82) is 0 Å². The van der Waals surface area contributed by atoms with Crippen LogP contribution in [0.3, 0.4) is 0 Å². The summed E-state index contributed by atoms with van der Waals surface area (Å²) in [7, 11) is 0. The van der Waals surface area contributed by atoms with Crippen LogP contribution in [0.4, 0.5) is 11.4 Å². The fraction of sp³-hybridized carbons (Fsp3) is 0.479. The van der Waals surface area contributed by atoms with Crippen molar-refractivity contribution < 1.29 is 37.8 Å². The molecule has 2 aromatic rings. The lowest BCUT2D eigenvalue weighted by Gasteiger charge is -2.23. The molecule has 0 aromatic heterocycles. The van der Waals surface area contributed by atoms with Crippen LogP contribution in [0.5, 0.6) is 0 Å². The van der Waals surface area contributed by atoms with E-state index in [2.05, 4.69) is 101 Å². The molecule has 1 atom stereocenters. The quantitative estimate of drug-likeness (QED) is 0.0271. The molecule has 0 radical (unpaired) electrons. The largest absolute Gasteiger partial charge is 0.456 e. The van der Waals surface area contributed by atoms with Crippen LogP contribution in [0.1, 0.15) is 66.4 Å². The van der Waals surface area contributed by atoms with Crippen LogP contribution in [0.2, 0.25) is 0 Å². The molecule has 2 aromatic carbocycles. The number of carbonyl (C=O) groups excluding carboxylic acids is 4. The molecular weight excluding hydrogens is 789 g/mol. The number of amides is 4. The minimum atomic E-state index is -0.747. The maximum absolute atomic E-state index is 13.6. The number of benzene rings is 3. The fourth-order valence-electron chi connectivity index (χ4n) is 7.24. The summed E-state index contributed by atoms with van der Waals surface area (Å²) in [5.41, 5.74) is 7.05. The molecule has 0 bridgehead atoms. The molecule has 0 unspecified atom stereocenters. The van der Waals surface area contributed by atoms with E-state index < -0.39 is 6.04 Å². The van der Waals surface area contributed by atoms with Gasteiger partial charge in [0.15, 0.2) is 0 Å². The Morgan fingerprint density at radius 3 is 2.15 bits per heavy atom. The Bertz CT molecular complexity index is 2170. The Kier molecular flexibility index (Phi) is 20.1. The minimum absolute atomic E-state index is 0.0986. The van der Waals surface area contributed by atoms with Crippen molar-refractivity contribution in [2.45, 2.75) is 73.8 Å². The highest BCUT2D eigenvalue weighted by Crippen LogP contribution is 2.42. The van der Waals surface area contributed by atoms with E-state index >= 15 is 0 Å². The van der Waals surface area contributed by atoms with Crippen LogP contribution in [-0.2, 0) is 33.4 Å². The second kappa shape index (κ2) is 25.4. The summed E-state index contributed by atoms with van der Waals surface area (Å²) in [5, 5.41) is 13.4. The normalized spacial score (nSPS) is 11.6. The first-order valence-corrected chi connectivity index (χ1v) is 21.9. The lowest BCUT2D eigenvalue weighted by molar-refractivity contribution is -0.126. The van der Waals surface area contributed by atoms with Crippen LogP contribution < -0.4 is 36.1 Å². The summed E-state index contributed by atoms with van der Waals surface area (Å²) in [6.45, 7) is 23.2. The van der Waals surface area contributed by atoms with Gasteiger partial charge in [0.05, 0.1) is 39.1 Å². The molecule has 0 saturated heterocycles. The molecule has 4 N–H and O–H groups in total. The van der Waals surface area contributed by atoms with Crippen molar-refractivity contribution in [3.63, 3.8) is 0 Å². The first-order valence-electron chi connectivity index (χ1n) is 21.9. The van der Waals surface area contributed by atoms with Crippen molar-refractivity contribution in [2.24, 2.45) is 0 Å². The van der Waals surface area contributed by atoms with Gasteiger partial charge >= 0.3 is 0 Å². The molecule has 1 aliphatic heterocycles. The standard InChI is InChI=1S/C48H66N6O8/c1-9-53(10-2)37-17-20-40-43(30-37)62-44-31-38(54(11-3)12-4)18-21-41(44)46(40)39-19-16-36(29-34(39)7)52-48(58)42(51-35(8)55)15-13-14-22-49-45(56)32-61-28-27-60-26-25-59-24-23-50-47(57)33(5)6/h16-21,29-31,42H,5,9-15,22-28,32H2,1-4,6-8H3,(H3,49,50,51,55,56,57)/p+1/t42-/m0/s1. The second-order valence-electron chi connectivity index (χ2n) is 15.1. The number of rotatable bonds is 26. The van der Waals surface area contributed by atoms with Gasteiger partial charge in [-0.1, -0.05) is 12.6 Å². The average molecular weight is 856 g/mol. The number of unbranched alkanes of at least 4 members (excludes halogenated alkanes) is 1. The molecule has 14 heteroatoms. The summed E-state index contributed by atoms with van der Waals surface area (Å²) < 4.78 is 25.2. The highest BCUT2D eigenvalue weighted by atomic mass is 16.5. The van der Waals surface area contributed by atoms with Gasteiger partial charge in [0, 0.05) is 78.7 Å². The Labute approximate surface area is 366 Å². The molecule has 0 fully saturated rings. The van der Waals surface area contributed by atoms with Gasteiger partial charge in [-0.25, -0.2) is 4.58 Å². The molecule has 1 aliphatic carbocycles. The highest BCUT2D eigenvalue weighted by molar-refractivity contribution is 6.04. The van der Waals surface area contributed by atoms with Gasteiger partial charge in [-0.2, -0.15) is 0 Å². The maximum atomic E-state index is 13.6. The van der Waals surface area contributed by atoms with Crippen molar-refractivity contribution >= 4 is 46.0 Å². The Morgan fingerprint density at radius 2 is 1.48 bits per heavy atom. The van der Waals surface area contributed by atoms with E-state index in [1.807, 2.05) is 25.1 Å². The van der Waals surface area contributed by atoms with Crippen LogP contribution in [0.25, 0.3) is 33.4 Å². The van der Waals surface area contributed by atoms with Gasteiger partial charge in [-0.05, 0) is 102 Å². The van der Waals surface area contributed by atoms with Gasteiger partial charge in [-0.15, -0.1) is 0 Å². The lowest BCUT2D eigenvalue weighted by Crippen LogP contribution is -2.43. The highest BCUT2D eigenvalue weighted by Gasteiger charge is 2.23. The summed E-state index contributed by atoms with van der Waals surface area (Å²) >= 11 is 0. The Balaban J connectivity index is 1.32. The topological polar surface area (TPSA) is 163 Å². The van der Waals surface area contributed by atoms with E-state index in [9.17, 15) is 19.2 Å². The van der Waals surface area contributed by atoms with Crippen LogP contribution in [0.15, 0.2) is 71.2 Å². The number of nitrogens with one attached hydrogen (secondary N) is 4. The van der Waals surface area contributed by atoms with Crippen LogP contribution in [0, 0.1) is 6.92 Å². The number of carbonyl (C=O) groups is 4. The van der Waals surface area contributed by atoms with Crippen molar-refractivity contribution in [3.05, 3.63) is 77.7 Å². The first kappa shape index (κ1) is 49.1. The zero-order valence-corrected chi connectivity index (χ0v) is 37.7. The van der Waals surface area contributed by atoms with Gasteiger partial charge in [0.1, 0.15) is 37.1 Å². The van der Waals surface area contributed by atoms with E-state index in [-0.39, 0.29) is 36.8 Å². The van der Waals surface area contributed by atoms with Gasteiger partial charge in [0.2, 0.25) is 29.0 Å². The number of hydrogen-bond donors (Lipinski definition) is 4. The summed E-state index contributed by atoms with van der Waals surface area (Å²) in [5.74, 6) is -0.261. The number of hydrogen-bond acceptors (Lipinski definition) is 9. The maximum Gasteiger partial charge on any atom is 0.246 e. The minimum Gasteiger partial charge on any atom is -0.456 e. The smallest absolute Gasteiger partial charge is 0.246 e. The molecule has 14 nitrogen and oxygen atoms in total.